The molecule has 1 aliphatic heterocycles. The van der Waals surface area contributed by atoms with Crippen LogP contribution in [-0.2, 0) is 15.0 Å². The fourth-order valence-corrected chi connectivity index (χ4v) is 6.06. The molecule has 4 atom stereocenters. The summed E-state index contributed by atoms with van der Waals surface area (Å²) in [5.41, 5.74) is 2.83. The Morgan fingerprint density at radius 1 is 0.806 bits per heavy atom. The van der Waals surface area contributed by atoms with E-state index in [9.17, 15) is 14.4 Å². The summed E-state index contributed by atoms with van der Waals surface area (Å²) < 4.78 is 5.63. The summed E-state index contributed by atoms with van der Waals surface area (Å²) in [4.78, 5) is 40.5. The Bertz CT molecular complexity index is 1360. The molecule has 0 unspecified atom stereocenters. The maximum absolute atomic E-state index is 13.1. The number of benzene rings is 3. The Labute approximate surface area is 210 Å². The van der Waals surface area contributed by atoms with Gasteiger partial charge in [-0.2, -0.15) is 0 Å². The van der Waals surface area contributed by atoms with Crippen molar-refractivity contribution >= 4 is 23.5 Å². The van der Waals surface area contributed by atoms with E-state index in [1.165, 1.54) is 10.5 Å². The first-order valence-corrected chi connectivity index (χ1v) is 12.4. The number of carbonyl (C=O) groups excluding carboxylic acids is 3. The molecule has 3 aromatic rings. The van der Waals surface area contributed by atoms with Crippen molar-refractivity contribution in [2.45, 2.75) is 25.7 Å². The second-order valence-corrected chi connectivity index (χ2v) is 10.5. The van der Waals surface area contributed by atoms with Crippen molar-refractivity contribution in [3.05, 3.63) is 108 Å². The summed E-state index contributed by atoms with van der Waals surface area (Å²) in [5.74, 6) is -0.693. The molecule has 5 nitrogen and oxygen atoms in total. The lowest BCUT2D eigenvalue weighted by Crippen LogP contribution is -2.33. The molecule has 2 bridgehead atoms. The first kappa shape index (κ1) is 22.5. The Kier molecular flexibility index (Phi) is 5.18. The number of allylic oxidation sites excluding steroid dienone is 2. The van der Waals surface area contributed by atoms with Crippen LogP contribution in [0.4, 0.5) is 5.69 Å². The van der Waals surface area contributed by atoms with Crippen molar-refractivity contribution in [2.75, 3.05) is 4.90 Å². The van der Waals surface area contributed by atoms with Gasteiger partial charge in [0.2, 0.25) is 11.8 Å². The molecule has 3 aliphatic rings. The second kappa shape index (κ2) is 8.30. The van der Waals surface area contributed by atoms with Gasteiger partial charge in [0, 0.05) is 5.41 Å². The number of esters is 1. The van der Waals surface area contributed by atoms with E-state index in [1.807, 2.05) is 30.3 Å². The minimum Gasteiger partial charge on any atom is -0.423 e. The third-order valence-corrected chi connectivity index (χ3v) is 8.09. The molecule has 0 spiro atoms. The highest BCUT2D eigenvalue weighted by molar-refractivity contribution is 6.23. The van der Waals surface area contributed by atoms with Gasteiger partial charge in [0.05, 0.1) is 23.1 Å². The van der Waals surface area contributed by atoms with Crippen molar-refractivity contribution in [3.8, 4) is 5.75 Å². The molecule has 2 amide bonds. The average Bonchev–Trinajstić information content (AvgIpc) is 3.58. The van der Waals surface area contributed by atoms with Gasteiger partial charge in [-0.3, -0.25) is 9.59 Å². The van der Waals surface area contributed by atoms with E-state index >= 15 is 0 Å². The van der Waals surface area contributed by atoms with Gasteiger partial charge in [-0.1, -0.05) is 74.5 Å². The van der Waals surface area contributed by atoms with Crippen molar-refractivity contribution < 1.29 is 19.1 Å². The predicted octanol–water partition coefficient (Wildman–Crippen LogP) is 5.54. The molecule has 0 radical (unpaired) electrons. The number of anilines is 1. The molecule has 5 heteroatoms. The van der Waals surface area contributed by atoms with Crippen LogP contribution in [0.2, 0.25) is 0 Å². The lowest BCUT2D eigenvalue weighted by Gasteiger charge is -2.26. The molecular formula is C31H27NO4. The van der Waals surface area contributed by atoms with Gasteiger partial charge in [-0.05, 0) is 59.7 Å². The van der Waals surface area contributed by atoms with E-state index in [1.54, 1.807) is 36.4 Å². The van der Waals surface area contributed by atoms with Gasteiger partial charge in [0.25, 0.3) is 0 Å². The number of rotatable bonds is 5. The fourth-order valence-electron chi connectivity index (χ4n) is 6.06. The number of amides is 2. The summed E-state index contributed by atoms with van der Waals surface area (Å²) in [5, 5.41) is 0. The van der Waals surface area contributed by atoms with Crippen molar-refractivity contribution in [1.29, 1.82) is 0 Å². The number of ether oxygens (including phenoxy) is 1. The Morgan fingerprint density at radius 2 is 1.42 bits per heavy atom. The first-order valence-electron chi connectivity index (χ1n) is 12.4. The predicted molar refractivity (Wildman–Crippen MR) is 137 cm³/mol. The van der Waals surface area contributed by atoms with Crippen molar-refractivity contribution in [1.82, 2.24) is 0 Å². The van der Waals surface area contributed by atoms with Crippen molar-refractivity contribution in [2.24, 2.45) is 23.7 Å². The second-order valence-electron chi connectivity index (χ2n) is 10.5. The third-order valence-electron chi connectivity index (χ3n) is 8.09. The molecule has 1 saturated heterocycles. The van der Waals surface area contributed by atoms with Gasteiger partial charge in [-0.25, -0.2) is 9.69 Å². The largest absolute Gasteiger partial charge is 0.423 e. The molecule has 0 N–H and O–H groups in total. The number of nitrogens with zero attached hydrogens (tertiary/aromatic N) is 1. The third kappa shape index (κ3) is 3.49. The summed E-state index contributed by atoms with van der Waals surface area (Å²) in [7, 11) is 0. The van der Waals surface area contributed by atoms with Crippen LogP contribution in [0, 0.1) is 23.7 Å². The SMILES string of the molecule is CC(C)(c1ccccc1)c1ccc(OC(=O)c2cccc(N3C(=O)[C@@H]4[C@@H](C3=O)[C@H]3C=C[C@H]4C3)c2)cc1. The van der Waals surface area contributed by atoms with Crippen LogP contribution >= 0.6 is 0 Å². The number of fused-ring (bicyclic) bond motifs is 5. The van der Waals surface area contributed by atoms with Crippen molar-refractivity contribution in [3.63, 3.8) is 0 Å². The highest BCUT2D eigenvalue weighted by atomic mass is 16.5. The smallest absolute Gasteiger partial charge is 0.343 e. The molecule has 2 fully saturated rings. The summed E-state index contributed by atoms with van der Waals surface area (Å²) in [6, 6.07) is 24.4. The number of carbonyl (C=O) groups is 3. The van der Waals surface area contributed by atoms with E-state index in [4.69, 9.17) is 4.74 Å². The van der Waals surface area contributed by atoms with Crippen LogP contribution < -0.4 is 9.64 Å². The molecule has 3 aromatic carbocycles. The highest BCUT2D eigenvalue weighted by Crippen LogP contribution is 2.53. The Hall–Kier alpha value is -3.99. The van der Waals surface area contributed by atoms with E-state index in [0.29, 0.717) is 17.0 Å². The Morgan fingerprint density at radius 3 is 2.06 bits per heavy atom. The summed E-state index contributed by atoms with van der Waals surface area (Å²) in [6.45, 7) is 4.32. The van der Waals surface area contributed by atoms with Crippen LogP contribution in [-0.4, -0.2) is 17.8 Å². The average molecular weight is 478 g/mol. The number of imide groups is 1. The van der Waals surface area contributed by atoms with Crippen LogP contribution in [0.25, 0.3) is 0 Å². The molecular weight excluding hydrogens is 450 g/mol. The van der Waals surface area contributed by atoms with E-state index < -0.39 is 5.97 Å². The van der Waals surface area contributed by atoms with Crippen LogP contribution in [0.5, 0.6) is 5.75 Å². The summed E-state index contributed by atoms with van der Waals surface area (Å²) in [6.07, 6.45) is 5.02. The minimum absolute atomic E-state index is 0.143. The van der Waals surface area contributed by atoms with Gasteiger partial charge in [-0.15, -0.1) is 0 Å². The Balaban J connectivity index is 1.19. The van der Waals surface area contributed by atoms with E-state index in [-0.39, 0.29) is 40.9 Å². The van der Waals surface area contributed by atoms with Crippen LogP contribution in [0.1, 0.15) is 41.8 Å². The fraction of sp³-hybridized carbons (Fsp3) is 0.258. The normalized spacial score (nSPS) is 24.3. The lowest BCUT2D eigenvalue weighted by atomic mass is 9.78. The maximum atomic E-state index is 13.1. The first-order chi connectivity index (χ1) is 17.3. The zero-order valence-electron chi connectivity index (χ0n) is 20.3. The minimum atomic E-state index is -0.534. The van der Waals surface area contributed by atoms with E-state index in [0.717, 1.165) is 12.0 Å². The zero-order chi connectivity index (χ0) is 25.0. The summed E-state index contributed by atoms with van der Waals surface area (Å²) >= 11 is 0. The van der Waals surface area contributed by atoms with E-state index in [2.05, 4.69) is 38.1 Å². The molecule has 36 heavy (non-hydrogen) atoms. The van der Waals surface area contributed by atoms with Gasteiger partial charge in [0.1, 0.15) is 5.75 Å². The number of hydrogen-bond donors (Lipinski definition) is 0. The quantitative estimate of drug-likeness (QED) is 0.209. The monoisotopic (exact) mass is 477 g/mol. The molecule has 6 rings (SSSR count). The molecule has 0 aromatic heterocycles. The molecule has 180 valence electrons. The molecule has 1 heterocycles. The van der Waals surface area contributed by atoms with Gasteiger partial charge in [0.15, 0.2) is 0 Å². The standard InChI is InChI=1S/C31H27NO4/c1-31(2,22-8-4-3-5-9-22)23-13-15-25(16-14-23)36-30(35)21-7-6-10-24(18-21)32-28(33)26-19-11-12-20(17-19)27(26)29(32)34/h3-16,18-20,26-27H,17H2,1-2H3/t19-,20-,26-,27-/m0/s1. The maximum Gasteiger partial charge on any atom is 0.343 e. The molecule has 1 saturated carbocycles. The van der Waals surface area contributed by atoms with Crippen LogP contribution in [0.15, 0.2) is 91.0 Å². The number of hydrogen-bond acceptors (Lipinski definition) is 4. The lowest BCUT2D eigenvalue weighted by molar-refractivity contribution is -0.123. The van der Waals surface area contributed by atoms with Crippen LogP contribution in [0.3, 0.4) is 0 Å². The zero-order valence-corrected chi connectivity index (χ0v) is 20.3. The molecule has 2 aliphatic carbocycles. The topological polar surface area (TPSA) is 63.7 Å². The van der Waals surface area contributed by atoms with Gasteiger partial charge < -0.3 is 4.74 Å². The van der Waals surface area contributed by atoms with Gasteiger partial charge >= 0.3 is 5.97 Å². The highest BCUT2D eigenvalue weighted by Gasteiger charge is 2.59.